The van der Waals surface area contributed by atoms with Crippen LogP contribution >= 0.6 is 11.8 Å². The van der Waals surface area contributed by atoms with Crippen molar-refractivity contribution in [3.63, 3.8) is 0 Å². The Labute approximate surface area is 390 Å². The van der Waals surface area contributed by atoms with Crippen molar-refractivity contribution >= 4 is 94.1 Å². The Bertz CT molecular complexity index is 4180. The summed E-state index contributed by atoms with van der Waals surface area (Å²) < 4.78 is 8.94. The first-order chi connectivity index (χ1) is 33.2. The first-order valence-electron chi connectivity index (χ1n) is 23.0. The Morgan fingerprint density at radius 2 is 1.00 bits per heavy atom. The molecule has 0 atom stereocenters. The molecule has 0 bridgehead atoms. The fourth-order valence-corrected chi connectivity index (χ4v) is 13.1. The first kappa shape index (κ1) is 37.0. The second kappa shape index (κ2) is 13.9. The van der Waals surface area contributed by atoms with E-state index in [1.807, 2.05) is 17.8 Å². The van der Waals surface area contributed by atoms with Gasteiger partial charge in [0.25, 0.3) is 0 Å². The number of aromatic nitrogens is 1. The maximum Gasteiger partial charge on any atom is 0.137 e. The molecular formula is C63H38N2OS. The van der Waals surface area contributed by atoms with Crippen LogP contribution in [0.25, 0.3) is 82.1 Å². The van der Waals surface area contributed by atoms with Crippen molar-refractivity contribution in [2.24, 2.45) is 0 Å². The van der Waals surface area contributed by atoms with Crippen LogP contribution in [0, 0.1) is 0 Å². The zero-order valence-corrected chi connectivity index (χ0v) is 37.0. The topological polar surface area (TPSA) is 21.3 Å². The number of benzene rings is 11. The molecule has 312 valence electrons. The van der Waals surface area contributed by atoms with Gasteiger partial charge in [0.1, 0.15) is 11.2 Å². The van der Waals surface area contributed by atoms with E-state index >= 15 is 0 Å². The van der Waals surface area contributed by atoms with Gasteiger partial charge in [-0.3, -0.25) is 0 Å². The third kappa shape index (κ3) is 5.03. The number of hydrogen-bond acceptors (Lipinski definition) is 3. The molecule has 13 aromatic rings. The largest absolute Gasteiger partial charge is 0.456 e. The van der Waals surface area contributed by atoms with Gasteiger partial charge in [-0.2, -0.15) is 0 Å². The van der Waals surface area contributed by atoms with E-state index in [4.69, 9.17) is 4.42 Å². The van der Waals surface area contributed by atoms with Crippen LogP contribution in [0.4, 0.5) is 17.1 Å². The van der Waals surface area contributed by atoms with Gasteiger partial charge >= 0.3 is 0 Å². The van der Waals surface area contributed by atoms with E-state index in [1.165, 1.54) is 75.5 Å². The van der Waals surface area contributed by atoms with Crippen LogP contribution in [0.1, 0.15) is 22.3 Å². The molecular weight excluding hydrogens is 833 g/mol. The van der Waals surface area contributed by atoms with Crippen molar-refractivity contribution in [1.82, 2.24) is 4.57 Å². The molecule has 67 heavy (non-hydrogen) atoms. The fraction of sp³-hybridized carbons (Fsp3) is 0.0159. The van der Waals surface area contributed by atoms with Crippen LogP contribution in [0.2, 0.25) is 0 Å². The molecule has 2 aromatic heterocycles. The average molecular weight is 871 g/mol. The summed E-state index contributed by atoms with van der Waals surface area (Å²) in [4.78, 5) is 5.08. The minimum atomic E-state index is -0.579. The van der Waals surface area contributed by atoms with E-state index in [2.05, 4.69) is 234 Å². The van der Waals surface area contributed by atoms with Gasteiger partial charge in [0.15, 0.2) is 0 Å². The Kier molecular flexibility index (Phi) is 7.64. The molecule has 1 aliphatic heterocycles. The van der Waals surface area contributed by atoms with Gasteiger partial charge in [0.05, 0.1) is 33.2 Å². The van der Waals surface area contributed by atoms with Crippen LogP contribution in [0.5, 0.6) is 0 Å². The zero-order chi connectivity index (χ0) is 43.8. The van der Waals surface area contributed by atoms with Crippen LogP contribution in [-0.2, 0) is 5.41 Å². The van der Waals surface area contributed by atoms with E-state index in [-0.39, 0.29) is 0 Å². The number of fused-ring (bicyclic) bond motifs is 15. The molecule has 1 spiro atoms. The number of rotatable bonds is 4. The van der Waals surface area contributed by atoms with Gasteiger partial charge in [-0.15, -0.1) is 0 Å². The van der Waals surface area contributed by atoms with Crippen LogP contribution in [0.3, 0.4) is 0 Å². The molecule has 3 nitrogen and oxygen atoms in total. The predicted molar refractivity (Wildman–Crippen MR) is 279 cm³/mol. The lowest BCUT2D eigenvalue weighted by molar-refractivity contribution is 0.669. The third-order valence-corrected chi connectivity index (χ3v) is 15.8. The predicted octanol–water partition coefficient (Wildman–Crippen LogP) is 17.3. The monoisotopic (exact) mass is 870 g/mol. The molecule has 4 heteroatoms. The lowest BCUT2D eigenvalue weighted by atomic mass is 9.59. The summed E-state index contributed by atoms with van der Waals surface area (Å²) in [7, 11) is 0. The zero-order valence-electron chi connectivity index (χ0n) is 36.2. The van der Waals surface area contributed by atoms with E-state index < -0.39 is 5.41 Å². The van der Waals surface area contributed by atoms with Crippen LogP contribution in [0.15, 0.2) is 245 Å². The van der Waals surface area contributed by atoms with Crippen LogP contribution < -0.4 is 4.90 Å². The minimum absolute atomic E-state index is 0.579. The SMILES string of the molecule is c1ccc2c(c1)Sc1ccccc1C21c2cc(N(c3ccc4c5ccccc5n(-c5cccc6oc7ccccc7c56)c4c3)c3cccc4ccccc34)ccc2-c2cccc3cccc1c23. The maximum atomic E-state index is 6.49. The Morgan fingerprint density at radius 1 is 0.388 bits per heavy atom. The molecule has 0 fully saturated rings. The maximum absolute atomic E-state index is 6.49. The fourth-order valence-electron chi connectivity index (χ4n) is 11.9. The summed E-state index contributed by atoms with van der Waals surface area (Å²) >= 11 is 1.89. The molecule has 15 rings (SSSR count). The highest BCUT2D eigenvalue weighted by atomic mass is 32.2. The highest BCUT2D eigenvalue weighted by molar-refractivity contribution is 7.99. The van der Waals surface area contributed by atoms with E-state index in [0.29, 0.717) is 0 Å². The van der Waals surface area contributed by atoms with Gasteiger partial charge < -0.3 is 13.9 Å². The number of para-hydroxylation sites is 2. The van der Waals surface area contributed by atoms with Gasteiger partial charge in [0.2, 0.25) is 0 Å². The highest BCUT2D eigenvalue weighted by Crippen LogP contribution is 2.62. The summed E-state index contributed by atoms with van der Waals surface area (Å²) in [6.45, 7) is 0. The average Bonchev–Trinajstić information content (AvgIpc) is 3.93. The quantitative estimate of drug-likeness (QED) is 0.176. The summed E-state index contributed by atoms with van der Waals surface area (Å²) in [6.07, 6.45) is 0. The smallest absolute Gasteiger partial charge is 0.137 e. The molecule has 2 aliphatic rings. The highest BCUT2D eigenvalue weighted by Gasteiger charge is 2.48. The standard InChI is InChI=1S/C63H38N2OS/c1-2-19-43-39(15-1)16-13-27-53(43)64(42-34-36-46-45-20-3-7-26-54(45)65(56(46)38-42)55-28-14-30-58-62(55)48-21-4-8-29-57(48)66-58)41-33-35-44-47-22-11-17-40-18-12-25-51(61(40)47)63(52(44)37-41)49-23-5-9-31-59(49)67-60-32-10-6-24-50(60)63/h1-38H. The second-order valence-corrected chi connectivity index (χ2v) is 19.0. The van der Waals surface area contributed by atoms with Gasteiger partial charge in [0, 0.05) is 42.7 Å². The van der Waals surface area contributed by atoms with Crippen LogP contribution in [-0.4, -0.2) is 4.57 Å². The Balaban J connectivity index is 1.05. The van der Waals surface area contributed by atoms with Crippen molar-refractivity contribution in [3.8, 4) is 16.8 Å². The molecule has 0 saturated carbocycles. The molecule has 0 amide bonds. The normalized spacial score (nSPS) is 13.4. The molecule has 0 N–H and O–H groups in total. The molecule has 11 aromatic carbocycles. The number of anilines is 3. The first-order valence-corrected chi connectivity index (χ1v) is 23.8. The summed E-state index contributed by atoms with van der Waals surface area (Å²) in [5, 5.41) is 9.60. The van der Waals surface area contributed by atoms with Crippen molar-refractivity contribution in [2.45, 2.75) is 15.2 Å². The minimum Gasteiger partial charge on any atom is -0.456 e. The van der Waals surface area contributed by atoms with E-state index in [0.717, 1.165) is 55.7 Å². The summed E-state index contributed by atoms with van der Waals surface area (Å²) in [6, 6.07) is 85.4. The van der Waals surface area contributed by atoms with Gasteiger partial charge in [-0.05, 0) is 116 Å². The lowest BCUT2D eigenvalue weighted by Crippen LogP contribution is -2.36. The van der Waals surface area contributed by atoms with Gasteiger partial charge in [-0.1, -0.05) is 176 Å². The summed E-state index contributed by atoms with van der Waals surface area (Å²) in [5.41, 5.74) is 15.7. The number of nitrogens with zero attached hydrogens (tertiary/aromatic N) is 2. The molecule has 0 unspecified atom stereocenters. The summed E-state index contributed by atoms with van der Waals surface area (Å²) in [5.74, 6) is 0. The molecule has 0 saturated heterocycles. The van der Waals surface area contributed by atoms with Crippen molar-refractivity contribution < 1.29 is 4.42 Å². The number of furan rings is 1. The van der Waals surface area contributed by atoms with E-state index in [9.17, 15) is 0 Å². The van der Waals surface area contributed by atoms with Crippen molar-refractivity contribution in [3.05, 3.63) is 253 Å². The lowest BCUT2D eigenvalue weighted by Gasteiger charge is -2.46. The second-order valence-electron chi connectivity index (χ2n) is 17.9. The van der Waals surface area contributed by atoms with Crippen molar-refractivity contribution in [1.29, 1.82) is 0 Å². The van der Waals surface area contributed by atoms with Gasteiger partial charge in [-0.25, -0.2) is 0 Å². The third-order valence-electron chi connectivity index (χ3n) is 14.6. The van der Waals surface area contributed by atoms with Crippen molar-refractivity contribution in [2.75, 3.05) is 4.90 Å². The van der Waals surface area contributed by atoms with E-state index in [1.54, 1.807) is 0 Å². The number of hydrogen-bond donors (Lipinski definition) is 0. The molecule has 0 radical (unpaired) electrons. The Morgan fingerprint density at radius 3 is 1.87 bits per heavy atom. The molecule has 1 aliphatic carbocycles. The molecule has 3 heterocycles. The Hall–Kier alpha value is -8.31.